The van der Waals surface area contributed by atoms with Gasteiger partial charge in [0.05, 0.1) is 23.4 Å². The summed E-state index contributed by atoms with van der Waals surface area (Å²) < 4.78 is 13.1. The third-order valence-electron chi connectivity index (χ3n) is 3.85. The molecule has 3 aromatic rings. The van der Waals surface area contributed by atoms with Gasteiger partial charge in [0.25, 0.3) is 5.91 Å². The molecule has 1 aromatic heterocycles. The minimum absolute atomic E-state index is 0.338. The smallest absolute Gasteiger partial charge is 0.272 e. The van der Waals surface area contributed by atoms with Crippen molar-refractivity contribution in [1.29, 1.82) is 0 Å². The number of carbonyl (C=O) groups excluding carboxylic acids is 1. The van der Waals surface area contributed by atoms with Gasteiger partial charge in [0.1, 0.15) is 6.61 Å². The van der Waals surface area contributed by atoms with E-state index >= 15 is 0 Å². The maximum absolute atomic E-state index is 12.0. The van der Waals surface area contributed by atoms with Crippen molar-refractivity contribution in [3.8, 4) is 11.5 Å². The summed E-state index contributed by atoms with van der Waals surface area (Å²) in [5, 5.41) is 3.99. The quantitative estimate of drug-likeness (QED) is 0.354. The van der Waals surface area contributed by atoms with Crippen molar-refractivity contribution in [1.82, 2.24) is 10.4 Å². The van der Waals surface area contributed by atoms with Crippen molar-refractivity contribution in [3.63, 3.8) is 0 Å². The van der Waals surface area contributed by atoms with Gasteiger partial charge in [0.2, 0.25) is 0 Å². The number of nitrogens with one attached hydrogen (secondary N) is 1. The fourth-order valence-electron chi connectivity index (χ4n) is 2.42. The van der Waals surface area contributed by atoms with Crippen LogP contribution >= 0.6 is 31.9 Å². The molecule has 0 saturated heterocycles. The van der Waals surface area contributed by atoms with E-state index in [9.17, 15) is 4.79 Å². The first kappa shape index (κ1) is 21.0. The van der Waals surface area contributed by atoms with Crippen LogP contribution < -0.4 is 14.9 Å². The van der Waals surface area contributed by atoms with Gasteiger partial charge in [-0.2, -0.15) is 5.10 Å². The lowest BCUT2D eigenvalue weighted by Crippen LogP contribution is -2.17. The van der Waals surface area contributed by atoms with Crippen LogP contribution in [0.15, 0.2) is 75.0 Å². The first-order chi connectivity index (χ1) is 14.1. The average Bonchev–Trinajstić information content (AvgIpc) is 2.74. The van der Waals surface area contributed by atoms with Gasteiger partial charge in [-0.3, -0.25) is 9.78 Å². The molecule has 0 saturated carbocycles. The fraction of sp³-hybridized carbons (Fsp3) is 0.0952. The number of carbonyl (C=O) groups is 1. The Hall–Kier alpha value is -2.71. The number of pyridine rings is 1. The molecule has 0 aliphatic carbocycles. The first-order valence-electron chi connectivity index (χ1n) is 8.55. The molecule has 0 radical (unpaired) electrons. The molecule has 1 heterocycles. The standard InChI is InChI=1S/C21H17Br2N3O3/c1-28-19-10-15(11-25-26-21(27)16-3-2-8-24-12-16)9-18(23)20(19)29-13-14-4-6-17(22)7-5-14/h2-12H,13H2,1H3,(H,26,27). The highest BCUT2D eigenvalue weighted by molar-refractivity contribution is 9.10. The van der Waals surface area contributed by atoms with E-state index in [0.717, 1.165) is 15.6 Å². The number of methoxy groups -OCH3 is 1. The number of hydrogen-bond acceptors (Lipinski definition) is 5. The highest BCUT2D eigenvalue weighted by Gasteiger charge is 2.12. The number of ether oxygens (including phenoxy) is 2. The second-order valence-electron chi connectivity index (χ2n) is 5.89. The van der Waals surface area contributed by atoms with E-state index in [0.29, 0.717) is 28.1 Å². The Balaban J connectivity index is 1.68. The number of hydrogen-bond donors (Lipinski definition) is 1. The maximum atomic E-state index is 12.0. The van der Waals surface area contributed by atoms with Crippen molar-refractivity contribution >= 4 is 44.0 Å². The molecular formula is C21H17Br2N3O3. The molecule has 29 heavy (non-hydrogen) atoms. The second kappa shape index (κ2) is 10.2. The Morgan fingerprint density at radius 1 is 1.21 bits per heavy atom. The van der Waals surface area contributed by atoms with Gasteiger partial charge >= 0.3 is 0 Å². The largest absolute Gasteiger partial charge is 0.493 e. The molecule has 0 unspecified atom stereocenters. The van der Waals surface area contributed by atoms with Gasteiger partial charge in [0, 0.05) is 16.9 Å². The number of amides is 1. The van der Waals surface area contributed by atoms with Crippen molar-refractivity contribution in [2.75, 3.05) is 7.11 Å². The van der Waals surface area contributed by atoms with Crippen LogP contribution in [0.1, 0.15) is 21.5 Å². The van der Waals surface area contributed by atoms with Crippen LogP contribution in [0.2, 0.25) is 0 Å². The zero-order valence-corrected chi connectivity index (χ0v) is 18.6. The molecule has 6 nitrogen and oxygen atoms in total. The molecule has 1 amide bonds. The molecule has 0 spiro atoms. The summed E-state index contributed by atoms with van der Waals surface area (Å²) >= 11 is 6.93. The average molecular weight is 519 g/mol. The highest BCUT2D eigenvalue weighted by atomic mass is 79.9. The third kappa shape index (κ3) is 5.88. The molecule has 148 valence electrons. The third-order valence-corrected chi connectivity index (χ3v) is 4.97. The zero-order valence-electron chi connectivity index (χ0n) is 15.4. The molecule has 0 bridgehead atoms. The van der Waals surface area contributed by atoms with Crippen LogP contribution in [0.3, 0.4) is 0 Å². The Bertz CT molecular complexity index is 1010. The Morgan fingerprint density at radius 2 is 2.00 bits per heavy atom. The predicted octanol–water partition coefficient (Wildman–Crippen LogP) is 4.96. The molecule has 0 fully saturated rings. The van der Waals surface area contributed by atoms with E-state index in [1.165, 1.54) is 12.4 Å². The number of hydrazone groups is 1. The molecule has 0 aliphatic rings. The molecular weight excluding hydrogens is 502 g/mol. The lowest BCUT2D eigenvalue weighted by molar-refractivity contribution is 0.0955. The van der Waals surface area contributed by atoms with E-state index in [4.69, 9.17) is 9.47 Å². The normalized spacial score (nSPS) is 10.7. The van der Waals surface area contributed by atoms with Crippen molar-refractivity contribution < 1.29 is 14.3 Å². The second-order valence-corrected chi connectivity index (χ2v) is 7.66. The van der Waals surface area contributed by atoms with Gasteiger partial charge in [-0.15, -0.1) is 0 Å². The number of rotatable bonds is 7. The number of nitrogens with zero attached hydrogens (tertiary/aromatic N) is 2. The summed E-state index contributed by atoms with van der Waals surface area (Å²) in [6.45, 7) is 0.400. The van der Waals surface area contributed by atoms with Gasteiger partial charge in [0.15, 0.2) is 11.5 Å². The van der Waals surface area contributed by atoms with E-state index < -0.39 is 0 Å². The van der Waals surface area contributed by atoms with E-state index in [2.05, 4.69) is 47.4 Å². The molecule has 8 heteroatoms. The minimum atomic E-state index is -0.338. The molecule has 0 atom stereocenters. The molecule has 1 N–H and O–H groups in total. The van der Waals surface area contributed by atoms with Crippen molar-refractivity contribution in [3.05, 3.63) is 86.6 Å². The lowest BCUT2D eigenvalue weighted by Gasteiger charge is -2.13. The molecule has 3 rings (SSSR count). The number of benzene rings is 2. The van der Waals surface area contributed by atoms with Crippen molar-refractivity contribution in [2.45, 2.75) is 6.61 Å². The number of halogens is 2. The predicted molar refractivity (Wildman–Crippen MR) is 118 cm³/mol. The summed E-state index contributed by atoms with van der Waals surface area (Å²) in [7, 11) is 1.57. The monoisotopic (exact) mass is 517 g/mol. The Kier molecular flexibility index (Phi) is 7.37. The van der Waals surface area contributed by atoms with Gasteiger partial charge in [-0.05, 0) is 63.5 Å². The number of aromatic nitrogens is 1. The van der Waals surface area contributed by atoms with E-state index in [-0.39, 0.29) is 5.91 Å². The Morgan fingerprint density at radius 3 is 2.69 bits per heavy atom. The van der Waals surface area contributed by atoms with Crippen LogP contribution in [0.25, 0.3) is 0 Å². The van der Waals surface area contributed by atoms with Crippen LogP contribution in [-0.4, -0.2) is 24.2 Å². The fourth-order valence-corrected chi connectivity index (χ4v) is 3.26. The lowest BCUT2D eigenvalue weighted by atomic mass is 10.2. The summed E-state index contributed by atoms with van der Waals surface area (Å²) in [5.41, 5.74) is 4.67. The minimum Gasteiger partial charge on any atom is -0.493 e. The van der Waals surface area contributed by atoms with E-state index in [1.807, 2.05) is 30.3 Å². The highest BCUT2D eigenvalue weighted by Crippen LogP contribution is 2.36. The van der Waals surface area contributed by atoms with Crippen LogP contribution in [0, 0.1) is 0 Å². The summed E-state index contributed by atoms with van der Waals surface area (Å²) in [6, 6.07) is 14.9. The van der Waals surface area contributed by atoms with Crippen molar-refractivity contribution in [2.24, 2.45) is 5.10 Å². The van der Waals surface area contributed by atoms with Gasteiger partial charge < -0.3 is 9.47 Å². The first-order valence-corrected chi connectivity index (χ1v) is 10.1. The SMILES string of the molecule is COc1cc(C=NNC(=O)c2cccnc2)cc(Br)c1OCc1ccc(Br)cc1. The summed E-state index contributed by atoms with van der Waals surface area (Å²) in [6.07, 6.45) is 4.60. The van der Waals surface area contributed by atoms with E-state index in [1.54, 1.807) is 31.5 Å². The molecule has 0 aliphatic heterocycles. The Labute approximate surface area is 185 Å². The summed E-state index contributed by atoms with van der Waals surface area (Å²) in [5.74, 6) is 0.804. The zero-order chi connectivity index (χ0) is 20.6. The van der Waals surface area contributed by atoms with Crippen LogP contribution in [0.4, 0.5) is 0 Å². The maximum Gasteiger partial charge on any atom is 0.272 e. The van der Waals surface area contributed by atoms with Gasteiger partial charge in [-0.1, -0.05) is 28.1 Å². The molecule has 2 aromatic carbocycles. The summed E-state index contributed by atoms with van der Waals surface area (Å²) in [4.78, 5) is 15.9. The van der Waals surface area contributed by atoms with Crippen LogP contribution in [-0.2, 0) is 6.61 Å². The van der Waals surface area contributed by atoms with Crippen LogP contribution in [0.5, 0.6) is 11.5 Å². The van der Waals surface area contributed by atoms with Gasteiger partial charge in [-0.25, -0.2) is 5.43 Å². The topological polar surface area (TPSA) is 72.8 Å².